The molecule has 0 saturated heterocycles. The van der Waals surface area contributed by atoms with E-state index in [0.29, 0.717) is 23.0 Å². The van der Waals surface area contributed by atoms with Crippen molar-refractivity contribution in [3.8, 4) is 10.7 Å². The van der Waals surface area contributed by atoms with E-state index in [1.54, 1.807) is 11.4 Å². The van der Waals surface area contributed by atoms with Crippen molar-refractivity contribution in [2.45, 2.75) is 52.6 Å². The van der Waals surface area contributed by atoms with Crippen molar-refractivity contribution in [2.24, 2.45) is 0 Å². The number of hydrogen-bond acceptors (Lipinski definition) is 4. The third-order valence-electron chi connectivity index (χ3n) is 4.33. The van der Waals surface area contributed by atoms with Gasteiger partial charge in [-0.3, -0.25) is 0 Å². The lowest BCUT2D eigenvalue weighted by Crippen LogP contribution is -2.06. The smallest absolute Gasteiger partial charge is 0.231 e. The monoisotopic (exact) mass is 368 g/mol. The van der Waals surface area contributed by atoms with E-state index in [0.717, 1.165) is 40.8 Å². The van der Waals surface area contributed by atoms with Gasteiger partial charge in [-0.2, -0.15) is 18.3 Å². The maximum Gasteiger partial charge on any atom is 0.434 e. The normalized spacial score (nSPS) is 12.5. The lowest BCUT2D eigenvalue weighted by molar-refractivity contribution is -0.140. The molecule has 0 aliphatic heterocycles. The molecule has 0 unspecified atom stereocenters. The number of alkyl halides is 3. The molecule has 0 aliphatic rings. The molecule has 3 aromatic heterocycles. The number of fused-ring (bicyclic) bond motifs is 1. The Morgan fingerprint density at radius 2 is 1.84 bits per heavy atom. The summed E-state index contributed by atoms with van der Waals surface area (Å²) in [6.07, 6.45) is -2.52. The molecular weight excluding hydrogens is 349 g/mol. The van der Waals surface area contributed by atoms with Gasteiger partial charge in [-0.15, -0.1) is 11.3 Å². The average molecular weight is 368 g/mol. The van der Waals surface area contributed by atoms with Crippen molar-refractivity contribution < 1.29 is 13.2 Å². The Balaban J connectivity index is 2.23. The Labute approximate surface area is 147 Å². The molecule has 0 saturated carbocycles. The lowest BCUT2D eigenvalue weighted by atomic mass is 9.95. The topological polar surface area (TPSA) is 43.1 Å². The number of imidazole rings is 1. The molecule has 3 heterocycles. The van der Waals surface area contributed by atoms with Gasteiger partial charge in [0.15, 0.2) is 11.3 Å². The molecule has 0 bridgehead atoms. The van der Waals surface area contributed by atoms with Crippen molar-refractivity contribution in [1.82, 2.24) is 19.6 Å². The van der Waals surface area contributed by atoms with Crippen LogP contribution in [0.25, 0.3) is 16.3 Å². The van der Waals surface area contributed by atoms with E-state index in [1.807, 2.05) is 13.0 Å². The first-order valence-corrected chi connectivity index (χ1v) is 9.04. The maximum absolute atomic E-state index is 12.9. The maximum atomic E-state index is 12.9. The van der Waals surface area contributed by atoms with Crippen LogP contribution < -0.4 is 0 Å². The SMILES string of the molecule is CCC(CC)c1cc(C)nn2c(-c3nc(C(F)(F)F)cs3)c(C)nc12. The molecule has 0 aliphatic carbocycles. The van der Waals surface area contributed by atoms with Gasteiger partial charge in [0.2, 0.25) is 0 Å². The molecule has 0 atom stereocenters. The number of aryl methyl sites for hydroxylation is 2. The van der Waals surface area contributed by atoms with E-state index < -0.39 is 11.9 Å². The second-order valence-electron chi connectivity index (χ2n) is 6.07. The van der Waals surface area contributed by atoms with Gasteiger partial charge >= 0.3 is 6.18 Å². The van der Waals surface area contributed by atoms with Crippen LogP contribution in [0.3, 0.4) is 0 Å². The van der Waals surface area contributed by atoms with E-state index in [-0.39, 0.29) is 5.01 Å². The van der Waals surface area contributed by atoms with Crippen LogP contribution in [0.5, 0.6) is 0 Å². The summed E-state index contributed by atoms with van der Waals surface area (Å²) in [5, 5.41) is 5.81. The third kappa shape index (κ3) is 3.15. The summed E-state index contributed by atoms with van der Waals surface area (Å²) in [6, 6.07) is 2.02. The van der Waals surface area contributed by atoms with Crippen LogP contribution in [-0.2, 0) is 6.18 Å². The molecule has 0 amide bonds. The van der Waals surface area contributed by atoms with Crippen LogP contribution in [-0.4, -0.2) is 19.6 Å². The molecule has 25 heavy (non-hydrogen) atoms. The molecule has 0 N–H and O–H groups in total. The van der Waals surface area contributed by atoms with Gasteiger partial charge in [-0.1, -0.05) is 13.8 Å². The largest absolute Gasteiger partial charge is 0.434 e. The summed E-state index contributed by atoms with van der Waals surface area (Å²) in [6.45, 7) is 7.90. The molecule has 0 radical (unpaired) electrons. The Hall–Kier alpha value is -1.96. The van der Waals surface area contributed by atoms with Crippen LogP contribution >= 0.6 is 11.3 Å². The van der Waals surface area contributed by atoms with Gasteiger partial charge in [0.05, 0.1) is 11.4 Å². The summed E-state index contributed by atoms with van der Waals surface area (Å²) in [5.41, 5.74) is 2.88. The molecule has 0 fully saturated rings. The fourth-order valence-electron chi connectivity index (χ4n) is 3.07. The first-order valence-electron chi connectivity index (χ1n) is 8.16. The van der Waals surface area contributed by atoms with Crippen LogP contribution in [0.4, 0.5) is 13.2 Å². The number of hydrogen-bond donors (Lipinski definition) is 0. The molecule has 0 spiro atoms. The number of halogens is 3. The average Bonchev–Trinajstić information content (AvgIpc) is 3.12. The van der Waals surface area contributed by atoms with E-state index in [9.17, 15) is 13.2 Å². The second-order valence-corrected chi connectivity index (χ2v) is 6.93. The highest BCUT2D eigenvalue weighted by molar-refractivity contribution is 7.13. The molecule has 3 aromatic rings. The van der Waals surface area contributed by atoms with Gasteiger partial charge in [0.25, 0.3) is 0 Å². The van der Waals surface area contributed by atoms with Crippen molar-refractivity contribution in [3.63, 3.8) is 0 Å². The Morgan fingerprint density at radius 1 is 1.16 bits per heavy atom. The summed E-state index contributed by atoms with van der Waals surface area (Å²) < 4.78 is 40.3. The summed E-state index contributed by atoms with van der Waals surface area (Å²) in [5.74, 6) is 0.334. The molecule has 8 heteroatoms. The van der Waals surface area contributed by atoms with Crippen LogP contribution in [0.2, 0.25) is 0 Å². The second kappa shape index (κ2) is 6.40. The van der Waals surface area contributed by atoms with Gasteiger partial charge in [-0.05, 0) is 38.7 Å². The minimum absolute atomic E-state index is 0.283. The van der Waals surface area contributed by atoms with Gasteiger partial charge < -0.3 is 0 Å². The highest BCUT2D eigenvalue weighted by Crippen LogP contribution is 2.36. The minimum atomic E-state index is -4.45. The number of thiazole rings is 1. The summed E-state index contributed by atoms with van der Waals surface area (Å²) in [7, 11) is 0. The van der Waals surface area contributed by atoms with Crippen LogP contribution in [0, 0.1) is 13.8 Å². The van der Waals surface area contributed by atoms with E-state index in [2.05, 4.69) is 28.9 Å². The van der Waals surface area contributed by atoms with E-state index >= 15 is 0 Å². The van der Waals surface area contributed by atoms with Crippen molar-refractivity contribution in [3.05, 3.63) is 34.1 Å². The predicted octanol–water partition coefficient (Wildman–Crippen LogP) is 5.39. The van der Waals surface area contributed by atoms with Crippen molar-refractivity contribution in [1.29, 1.82) is 0 Å². The standard InChI is InChI=1S/C17H19F3N4S/c1-5-11(6-2)12-7-9(3)23-24-14(10(4)21-15(12)24)16-22-13(8-25-16)17(18,19)20/h7-8,11H,5-6H2,1-4H3. The predicted molar refractivity (Wildman–Crippen MR) is 91.9 cm³/mol. The first kappa shape index (κ1) is 17.8. The number of aromatic nitrogens is 4. The zero-order chi connectivity index (χ0) is 18.4. The minimum Gasteiger partial charge on any atom is -0.231 e. The Bertz CT molecular complexity index is 907. The Kier molecular flexibility index (Phi) is 4.57. The molecular formula is C17H19F3N4S. The van der Waals surface area contributed by atoms with E-state index in [4.69, 9.17) is 0 Å². The van der Waals surface area contributed by atoms with Crippen molar-refractivity contribution >= 4 is 17.0 Å². The zero-order valence-electron chi connectivity index (χ0n) is 14.5. The number of nitrogens with zero attached hydrogens (tertiary/aromatic N) is 4. The van der Waals surface area contributed by atoms with Gasteiger partial charge in [-0.25, -0.2) is 14.5 Å². The van der Waals surface area contributed by atoms with Crippen molar-refractivity contribution in [2.75, 3.05) is 0 Å². The summed E-state index contributed by atoms with van der Waals surface area (Å²) >= 11 is 0.963. The highest BCUT2D eigenvalue weighted by Gasteiger charge is 2.34. The van der Waals surface area contributed by atoms with Crippen LogP contribution in [0.1, 0.15) is 55.3 Å². The third-order valence-corrected chi connectivity index (χ3v) is 5.18. The van der Waals surface area contributed by atoms with Gasteiger partial charge in [0.1, 0.15) is 10.7 Å². The summed E-state index contributed by atoms with van der Waals surface area (Å²) in [4.78, 5) is 8.38. The molecule has 4 nitrogen and oxygen atoms in total. The Morgan fingerprint density at radius 3 is 2.40 bits per heavy atom. The molecule has 134 valence electrons. The van der Waals surface area contributed by atoms with E-state index in [1.165, 1.54) is 0 Å². The van der Waals surface area contributed by atoms with Crippen LogP contribution in [0.15, 0.2) is 11.4 Å². The molecule has 3 rings (SSSR count). The number of rotatable bonds is 4. The fourth-order valence-corrected chi connectivity index (χ4v) is 3.97. The van der Waals surface area contributed by atoms with Gasteiger partial charge in [0, 0.05) is 10.9 Å². The fraction of sp³-hybridized carbons (Fsp3) is 0.471. The highest BCUT2D eigenvalue weighted by atomic mass is 32.1. The lowest BCUT2D eigenvalue weighted by Gasteiger charge is -2.14. The quantitative estimate of drug-likeness (QED) is 0.620. The molecule has 0 aromatic carbocycles. The zero-order valence-corrected chi connectivity index (χ0v) is 15.3. The first-order chi connectivity index (χ1) is 11.8.